The highest BCUT2D eigenvalue weighted by Crippen LogP contribution is 2.22. The van der Waals surface area contributed by atoms with Crippen molar-refractivity contribution in [1.29, 1.82) is 0 Å². The van der Waals surface area contributed by atoms with Crippen LogP contribution in [0, 0.1) is 6.92 Å². The third-order valence-corrected chi connectivity index (χ3v) is 5.05. The van der Waals surface area contributed by atoms with E-state index in [0.717, 1.165) is 27.4 Å². The Balaban J connectivity index is 1.58. The normalized spacial score (nSPS) is 10.8. The van der Waals surface area contributed by atoms with Gasteiger partial charge in [0.05, 0.1) is 6.54 Å². The zero-order chi connectivity index (χ0) is 16.9. The largest absolute Gasteiger partial charge is 0.378 e. The number of hydrogen-bond donors (Lipinski definition) is 1. The molecule has 0 spiro atoms. The van der Waals surface area contributed by atoms with Crippen molar-refractivity contribution < 1.29 is 0 Å². The van der Waals surface area contributed by atoms with Crippen molar-refractivity contribution in [2.24, 2.45) is 7.05 Å². The van der Waals surface area contributed by atoms with Crippen molar-refractivity contribution in [3.63, 3.8) is 0 Å². The Morgan fingerprint density at radius 3 is 2.46 bits per heavy atom. The lowest BCUT2D eigenvalue weighted by Crippen LogP contribution is -2.06. The number of thioether (sulfide) groups is 1. The van der Waals surface area contributed by atoms with Crippen molar-refractivity contribution in [2.75, 3.05) is 5.32 Å². The van der Waals surface area contributed by atoms with Crippen LogP contribution in [0.25, 0.3) is 0 Å². The predicted octanol–water partition coefficient (Wildman–Crippen LogP) is 4.68. The smallest absolute Gasteiger partial charge is 0.191 e. The van der Waals surface area contributed by atoms with Crippen molar-refractivity contribution in [2.45, 2.75) is 24.4 Å². The van der Waals surface area contributed by atoms with E-state index in [4.69, 9.17) is 11.6 Å². The van der Waals surface area contributed by atoms with Crippen LogP contribution in [0.3, 0.4) is 0 Å². The van der Waals surface area contributed by atoms with Gasteiger partial charge in [-0.25, -0.2) is 0 Å². The summed E-state index contributed by atoms with van der Waals surface area (Å²) in [5.74, 6) is 1.75. The molecule has 1 N–H and O–H groups in total. The minimum absolute atomic E-state index is 0.647. The van der Waals surface area contributed by atoms with Crippen LogP contribution in [0.1, 0.15) is 17.0 Å². The maximum absolute atomic E-state index is 5.91. The molecule has 0 aliphatic rings. The van der Waals surface area contributed by atoms with Gasteiger partial charge in [-0.3, -0.25) is 0 Å². The molecule has 3 rings (SSSR count). The molecule has 6 heteroatoms. The SMILES string of the molecule is Cc1ccc(NCc2nnc(SCc3ccc(Cl)cc3)n2C)cc1. The van der Waals surface area contributed by atoms with E-state index in [-0.39, 0.29) is 0 Å². The van der Waals surface area contributed by atoms with E-state index in [9.17, 15) is 0 Å². The monoisotopic (exact) mass is 358 g/mol. The van der Waals surface area contributed by atoms with Crippen molar-refractivity contribution in [3.05, 3.63) is 70.5 Å². The standard InChI is InChI=1S/C18H19ClN4S/c1-13-3-9-16(10-4-13)20-11-17-21-22-18(23(17)2)24-12-14-5-7-15(19)8-6-14/h3-10,20H,11-12H2,1-2H3. The minimum Gasteiger partial charge on any atom is -0.378 e. The zero-order valence-electron chi connectivity index (χ0n) is 13.7. The number of aromatic nitrogens is 3. The van der Waals surface area contributed by atoms with Crippen molar-refractivity contribution in [3.8, 4) is 0 Å². The number of halogens is 1. The summed E-state index contributed by atoms with van der Waals surface area (Å²) in [6, 6.07) is 16.2. The maximum atomic E-state index is 5.91. The Morgan fingerprint density at radius 2 is 1.75 bits per heavy atom. The van der Waals surface area contributed by atoms with Crippen LogP contribution in [0.15, 0.2) is 53.7 Å². The fourth-order valence-electron chi connectivity index (χ4n) is 2.21. The fourth-order valence-corrected chi connectivity index (χ4v) is 3.22. The third kappa shape index (κ3) is 4.30. The molecule has 0 saturated heterocycles. The first kappa shape index (κ1) is 16.9. The molecule has 1 aromatic heterocycles. The van der Waals surface area contributed by atoms with Crippen molar-refractivity contribution in [1.82, 2.24) is 14.8 Å². The highest BCUT2D eigenvalue weighted by Gasteiger charge is 2.09. The second-order valence-electron chi connectivity index (χ2n) is 5.59. The molecular formula is C18H19ClN4S. The van der Waals surface area contributed by atoms with Crippen LogP contribution in [-0.2, 0) is 19.3 Å². The van der Waals surface area contributed by atoms with E-state index in [0.29, 0.717) is 6.54 Å². The molecule has 0 bridgehead atoms. The van der Waals surface area contributed by atoms with E-state index in [1.54, 1.807) is 11.8 Å². The van der Waals surface area contributed by atoms with Crippen LogP contribution in [0.2, 0.25) is 5.02 Å². The zero-order valence-corrected chi connectivity index (χ0v) is 15.2. The Bertz CT molecular complexity index is 730. The van der Waals surface area contributed by atoms with Crippen molar-refractivity contribution >= 4 is 29.1 Å². The van der Waals surface area contributed by atoms with E-state index in [1.165, 1.54) is 11.1 Å². The summed E-state index contributed by atoms with van der Waals surface area (Å²) in [6.45, 7) is 2.73. The van der Waals surface area contributed by atoms with Gasteiger partial charge >= 0.3 is 0 Å². The summed E-state index contributed by atoms with van der Waals surface area (Å²) in [6.07, 6.45) is 0. The molecule has 0 aliphatic carbocycles. The lowest BCUT2D eigenvalue weighted by Gasteiger charge is -2.07. The van der Waals surface area contributed by atoms with Crippen LogP contribution in [-0.4, -0.2) is 14.8 Å². The van der Waals surface area contributed by atoms with E-state index in [2.05, 4.69) is 46.7 Å². The van der Waals surface area contributed by atoms with Gasteiger partial charge in [0.2, 0.25) is 0 Å². The second-order valence-corrected chi connectivity index (χ2v) is 6.97. The summed E-state index contributed by atoms with van der Waals surface area (Å²) in [5, 5.41) is 13.6. The molecule has 0 saturated carbocycles. The molecule has 124 valence electrons. The maximum Gasteiger partial charge on any atom is 0.191 e. The summed E-state index contributed by atoms with van der Waals surface area (Å²) in [4.78, 5) is 0. The Kier molecular flexibility index (Phi) is 5.43. The molecule has 0 aliphatic heterocycles. The molecule has 4 nitrogen and oxygen atoms in total. The first-order valence-electron chi connectivity index (χ1n) is 7.68. The molecule has 0 unspecified atom stereocenters. The quantitative estimate of drug-likeness (QED) is 0.649. The first-order valence-corrected chi connectivity index (χ1v) is 9.04. The topological polar surface area (TPSA) is 42.7 Å². The van der Waals surface area contributed by atoms with Gasteiger partial charge in [0.15, 0.2) is 11.0 Å². The lowest BCUT2D eigenvalue weighted by atomic mass is 10.2. The van der Waals surface area contributed by atoms with Crippen LogP contribution in [0.4, 0.5) is 5.69 Å². The molecule has 1 heterocycles. The van der Waals surface area contributed by atoms with E-state index >= 15 is 0 Å². The minimum atomic E-state index is 0.647. The molecule has 0 radical (unpaired) electrons. The Labute approximate surface area is 151 Å². The third-order valence-electron chi connectivity index (χ3n) is 3.71. The number of anilines is 1. The molecule has 0 atom stereocenters. The van der Waals surface area contributed by atoms with Crippen LogP contribution < -0.4 is 5.32 Å². The number of aryl methyl sites for hydroxylation is 1. The molecule has 3 aromatic rings. The average Bonchev–Trinajstić information content (AvgIpc) is 2.94. The summed E-state index contributed by atoms with van der Waals surface area (Å²) >= 11 is 7.58. The molecule has 0 fully saturated rings. The fraction of sp³-hybridized carbons (Fsp3) is 0.222. The number of nitrogens with zero attached hydrogens (tertiary/aromatic N) is 3. The van der Waals surface area contributed by atoms with Crippen LogP contribution >= 0.6 is 23.4 Å². The van der Waals surface area contributed by atoms with Gasteiger partial charge in [-0.05, 0) is 36.8 Å². The molecule has 2 aromatic carbocycles. The number of benzene rings is 2. The lowest BCUT2D eigenvalue weighted by molar-refractivity contribution is 0.744. The summed E-state index contributed by atoms with van der Waals surface area (Å²) in [5.41, 5.74) is 3.55. The highest BCUT2D eigenvalue weighted by atomic mass is 35.5. The molecular weight excluding hydrogens is 340 g/mol. The Morgan fingerprint density at radius 1 is 1.04 bits per heavy atom. The summed E-state index contributed by atoms with van der Waals surface area (Å²) < 4.78 is 2.03. The molecule has 0 amide bonds. The Hall–Kier alpha value is -1.98. The molecule has 24 heavy (non-hydrogen) atoms. The van der Waals surface area contributed by atoms with E-state index < -0.39 is 0 Å². The van der Waals surface area contributed by atoms with Gasteiger partial charge in [0.25, 0.3) is 0 Å². The first-order chi connectivity index (χ1) is 11.6. The van der Waals surface area contributed by atoms with Crippen LogP contribution in [0.5, 0.6) is 0 Å². The van der Waals surface area contributed by atoms with Gasteiger partial charge < -0.3 is 9.88 Å². The number of rotatable bonds is 6. The highest BCUT2D eigenvalue weighted by molar-refractivity contribution is 7.98. The number of nitrogens with one attached hydrogen (secondary N) is 1. The van der Waals surface area contributed by atoms with Gasteiger partial charge in [-0.2, -0.15) is 0 Å². The number of hydrogen-bond acceptors (Lipinski definition) is 4. The average molecular weight is 359 g/mol. The second kappa shape index (κ2) is 7.73. The van der Waals surface area contributed by atoms with Gasteiger partial charge in [-0.15, -0.1) is 10.2 Å². The summed E-state index contributed by atoms with van der Waals surface area (Å²) in [7, 11) is 2.00. The van der Waals surface area contributed by atoms with E-state index in [1.807, 2.05) is 35.9 Å². The predicted molar refractivity (Wildman–Crippen MR) is 101 cm³/mol. The van der Waals surface area contributed by atoms with Gasteiger partial charge in [-0.1, -0.05) is 53.2 Å². The van der Waals surface area contributed by atoms with Gasteiger partial charge in [0.1, 0.15) is 0 Å². The van der Waals surface area contributed by atoms with Gasteiger partial charge in [0, 0.05) is 23.5 Å².